The van der Waals surface area contributed by atoms with Gasteiger partial charge < -0.3 is 10.0 Å². The van der Waals surface area contributed by atoms with E-state index in [0.717, 1.165) is 26.1 Å². The first-order valence-electron chi connectivity index (χ1n) is 4.66. The molecule has 0 radical (unpaired) electrons. The SMILES string of the molecule is CCN1CCC(CCC(=O)O)C1. The largest absolute Gasteiger partial charge is 0.481 e. The van der Waals surface area contributed by atoms with Crippen LogP contribution in [0.25, 0.3) is 0 Å². The van der Waals surface area contributed by atoms with E-state index in [1.165, 1.54) is 6.42 Å². The van der Waals surface area contributed by atoms with Crippen LogP contribution >= 0.6 is 0 Å². The van der Waals surface area contributed by atoms with E-state index >= 15 is 0 Å². The van der Waals surface area contributed by atoms with Crippen LogP contribution in [-0.2, 0) is 4.79 Å². The fourth-order valence-electron chi connectivity index (χ4n) is 1.76. The quantitative estimate of drug-likeness (QED) is 0.690. The Labute approximate surface area is 73.4 Å². The molecular weight excluding hydrogens is 154 g/mol. The third-order valence-corrected chi connectivity index (χ3v) is 2.58. The molecule has 3 nitrogen and oxygen atoms in total. The molecule has 1 atom stereocenters. The van der Waals surface area contributed by atoms with Crippen molar-refractivity contribution in [3.05, 3.63) is 0 Å². The number of likely N-dealkylation sites (tertiary alicyclic amines) is 1. The summed E-state index contributed by atoms with van der Waals surface area (Å²) in [6.45, 7) is 5.51. The molecule has 0 amide bonds. The van der Waals surface area contributed by atoms with Gasteiger partial charge in [-0.2, -0.15) is 0 Å². The first-order chi connectivity index (χ1) is 5.72. The standard InChI is InChI=1S/C9H17NO2/c1-2-10-6-5-8(7-10)3-4-9(11)12/h8H,2-7H2,1H3,(H,11,12). The minimum Gasteiger partial charge on any atom is -0.481 e. The van der Waals surface area contributed by atoms with Crippen molar-refractivity contribution >= 4 is 5.97 Å². The summed E-state index contributed by atoms with van der Waals surface area (Å²) in [5.74, 6) is -0.0361. The van der Waals surface area contributed by atoms with Crippen LogP contribution < -0.4 is 0 Å². The normalized spacial score (nSPS) is 24.6. The van der Waals surface area contributed by atoms with Crippen LogP contribution in [0.2, 0.25) is 0 Å². The summed E-state index contributed by atoms with van der Waals surface area (Å²) in [5.41, 5.74) is 0. The molecule has 0 aromatic heterocycles. The zero-order chi connectivity index (χ0) is 8.97. The molecule has 0 spiro atoms. The maximum Gasteiger partial charge on any atom is 0.303 e. The maximum atomic E-state index is 10.3. The fraction of sp³-hybridized carbons (Fsp3) is 0.889. The van der Waals surface area contributed by atoms with Crippen LogP contribution in [0.4, 0.5) is 0 Å². The zero-order valence-corrected chi connectivity index (χ0v) is 7.62. The lowest BCUT2D eigenvalue weighted by Gasteiger charge is -2.11. The summed E-state index contributed by atoms with van der Waals surface area (Å²) in [7, 11) is 0. The Morgan fingerprint density at radius 3 is 2.92 bits per heavy atom. The first kappa shape index (κ1) is 9.52. The molecule has 1 aliphatic rings. The summed E-state index contributed by atoms with van der Waals surface area (Å²) in [6, 6.07) is 0. The highest BCUT2D eigenvalue weighted by atomic mass is 16.4. The second kappa shape index (κ2) is 4.45. The number of carbonyl (C=O) groups is 1. The van der Waals surface area contributed by atoms with Gasteiger partial charge in [0, 0.05) is 13.0 Å². The Morgan fingerprint density at radius 1 is 1.67 bits per heavy atom. The van der Waals surface area contributed by atoms with Gasteiger partial charge in [-0.05, 0) is 31.8 Å². The Balaban J connectivity index is 2.15. The molecule has 0 saturated carbocycles. The van der Waals surface area contributed by atoms with E-state index in [9.17, 15) is 4.79 Å². The summed E-state index contributed by atoms with van der Waals surface area (Å²) in [4.78, 5) is 12.7. The lowest BCUT2D eigenvalue weighted by Crippen LogP contribution is -2.19. The van der Waals surface area contributed by atoms with Gasteiger partial charge in [0.1, 0.15) is 0 Å². The molecule has 1 aliphatic heterocycles. The highest BCUT2D eigenvalue weighted by Gasteiger charge is 2.21. The smallest absolute Gasteiger partial charge is 0.303 e. The minimum absolute atomic E-state index is 0.336. The van der Waals surface area contributed by atoms with Crippen LogP contribution in [0.5, 0.6) is 0 Å². The van der Waals surface area contributed by atoms with Gasteiger partial charge in [0.2, 0.25) is 0 Å². The van der Waals surface area contributed by atoms with Gasteiger partial charge in [0.25, 0.3) is 0 Å². The van der Waals surface area contributed by atoms with E-state index in [1.54, 1.807) is 0 Å². The van der Waals surface area contributed by atoms with E-state index in [-0.39, 0.29) is 0 Å². The molecule has 0 bridgehead atoms. The lowest BCUT2D eigenvalue weighted by atomic mass is 10.0. The molecule has 3 heteroatoms. The van der Waals surface area contributed by atoms with Gasteiger partial charge >= 0.3 is 5.97 Å². The molecule has 1 rings (SSSR count). The van der Waals surface area contributed by atoms with Gasteiger partial charge in [-0.3, -0.25) is 4.79 Å². The van der Waals surface area contributed by atoms with E-state index in [4.69, 9.17) is 5.11 Å². The number of nitrogens with zero attached hydrogens (tertiary/aromatic N) is 1. The number of carboxylic acids is 1. The molecule has 0 aromatic rings. The van der Waals surface area contributed by atoms with Crippen molar-refractivity contribution in [2.75, 3.05) is 19.6 Å². The Hall–Kier alpha value is -0.570. The van der Waals surface area contributed by atoms with Crippen LogP contribution in [-0.4, -0.2) is 35.6 Å². The molecule has 70 valence electrons. The molecule has 1 fully saturated rings. The van der Waals surface area contributed by atoms with Crippen molar-refractivity contribution in [3.8, 4) is 0 Å². The second-order valence-corrected chi connectivity index (χ2v) is 3.48. The summed E-state index contributed by atoms with van der Waals surface area (Å²) >= 11 is 0. The van der Waals surface area contributed by atoms with Gasteiger partial charge in [0.15, 0.2) is 0 Å². The number of hydrogen-bond donors (Lipinski definition) is 1. The summed E-state index contributed by atoms with van der Waals surface area (Å²) in [6.07, 6.45) is 2.37. The average molecular weight is 171 g/mol. The Bertz CT molecular complexity index is 159. The van der Waals surface area contributed by atoms with E-state index in [0.29, 0.717) is 12.3 Å². The number of carboxylic acid groups (broad SMARTS) is 1. The second-order valence-electron chi connectivity index (χ2n) is 3.48. The number of hydrogen-bond acceptors (Lipinski definition) is 2. The molecule has 1 saturated heterocycles. The molecule has 0 aliphatic carbocycles. The fourth-order valence-corrected chi connectivity index (χ4v) is 1.76. The van der Waals surface area contributed by atoms with Gasteiger partial charge in [-0.25, -0.2) is 0 Å². The van der Waals surface area contributed by atoms with Gasteiger partial charge in [0.05, 0.1) is 0 Å². The van der Waals surface area contributed by atoms with Gasteiger partial charge in [-0.15, -0.1) is 0 Å². The highest BCUT2D eigenvalue weighted by molar-refractivity contribution is 5.66. The minimum atomic E-state index is -0.662. The summed E-state index contributed by atoms with van der Waals surface area (Å²) < 4.78 is 0. The lowest BCUT2D eigenvalue weighted by molar-refractivity contribution is -0.137. The Morgan fingerprint density at radius 2 is 2.42 bits per heavy atom. The van der Waals surface area contributed by atoms with Crippen molar-refractivity contribution in [2.45, 2.75) is 26.2 Å². The molecule has 1 N–H and O–H groups in total. The molecular formula is C9H17NO2. The maximum absolute atomic E-state index is 10.3. The Kier molecular flexibility index (Phi) is 3.53. The van der Waals surface area contributed by atoms with Crippen molar-refractivity contribution in [2.24, 2.45) is 5.92 Å². The van der Waals surface area contributed by atoms with Crippen molar-refractivity contribution in [1.82, 2.24) is 4.90 Å². The van der Waals surface area contributed by atoms with Crippen molar-refractivity contribution < 1.29 is 9.90 Å². The molecule has 0 aromatic carbocycles. The van der Waals surface area contributed by atoms with Crippen LogP contribution in [0.15, 0.2) is 0 Å². The average Bonchev–Trinajstić information content (AvgIpc) is 2.48. The third-order valence-electron chi connectivity index (χ3n) is 2.58. The topological polar surface area (TPSA) is 40.5 Å². The van der Waals surface area contributed by atoms with E-state index in [2.05, 4.69) is 11.8 Å². The van der Waals surface area contributed by atoms with Crippen LogP contribution in [0, 0.1) is 5.92 Å². The van der Waals surface area contributed by atoms with Crippen molar-refractivity contribution in [3.63, 3.8) is 0 Å². The van der Waals surface area contributed by atoms with Crippen LogP contribution in [0.3, 0.4) is 0 Å². The number of aliphatic carboxylic acids is 1. The van der Waals surface area contributed by atoms with Crippen molar-refractivity contribution in [1.29, 1.82) is 0 Å². The molecule has 1 unspecified atom stereocenters. The highest BCUT2D eigenvalue weighted by Crippen LogP contribution is 2.20. The zero-order valence-electron chi connectivity index (χ0n) is 7.62. The van der Waals surface area contributed by atoms with E-state index in [1.807, 2.05) is 0 Å². The molecule has 12 heavy (non-hydrogen) atoms. The first-order valence-corrected chi connectivity index (χ1v) is 4.66. The number of rotatable bonds is 4. The monoisotopic (exact) mass is 171 g/mol. The van der Waals surface area contributed by atoms with E-state index < -0.39 is 5.97 Å². The van der Waals surface area contributed by atoms with Crippen LogP contribution in [0.1, 0.15) is 26.2 Å². The summed E-state index contributed by atoms with van der Waals surface area (Å²) in [5, 5.41) is 8.48. The van der Waals surface area contributed by atoms with Gasteiger partial charge in [-0.1, -0.05) is 6.92 Å². The predicted octanol–water partition coefficient (Wildman–Crippen LogP) is 1.19. The predicted molar refractivity (Wildman–Crippen MR) is 47.1 cm³/mol. The third kappa shape index (κ3) is 2.81. The molecule has 1 heterocycles.